The maximum absolute atomic E-state index is 12.3. The second kappa shape index (κ2) is 9.85. The van der Waals surface area contributed by atoms with Crippen molar-refractivity contribution in [1.29, 1.82) is 0 Å². The molecule has 0 aromatic rings. The number of rotatable bonds is 7. The molecular weight excluding hydrogens is 358 g/mol. The van der Waals surface area contributed by atoms with Gasteiger partial charge in [-0.2, -0.15) is 0 Å². The van der Waals surface area contributed by atoms with Crippen molar-refractivity contribution in [3.8, 4) is 0 Å². The minimum atomic E-state index is -0.590. The van der Waals surface area contributed by atoms with Crippen LogP contribution in [-0.4, -0.2) is 67.8 Å². The van der Waals surface area contributed by atoms with Crippen LogP contribution in [0.2, 0.25) is 0 Å². The topological polar surface area (TPSA) is 91.9 Å². The average Bonchev–Trinajstić information content (AvgIpc) is 3.46. The largest absolute Gasteiger partial charge is 0.458 e. The number of esters is 1. The Morgan fingerprint density at radius 2 is 1.96 bits per heavy atom. The SMILES string of the molecule is O=C(CC[C@@H]1CCCN1)O[C@@H]1[C@@H](O)CN[C@@H]1CC1CCC(C2CNCO2)CC1. The molecule has 3 heterocycles. The standard InChI is InChI=1S/C21H37N3O4/c25-18-11-24-17(21(18)28-20(26)8-7-16-2-1-9-23-16)10-14-3-5-15(6-4-14)19-12-22-13-27-19/h14-19,21-25H,1-13H2/t14?,15?,16-,17+,18-,19?,21-/m0/s1. The predicted molar refractivity (Wildman–Crippen MR) is 106 cm³/mol. The summed E-state index contributed by atoms with van der Waals surface area (Å²) >= 11 is 0. The summed E-state index contributed by atoms with van der Waals surface area (Å²) in [5.74, 6) is 1.14. The van der Waals surface area contributed by atoms with Crippen LogP contribution in [0.1, 0.15) is 57.8 Å². The Kier molecular flexibility index (Phi) is 7.22. The number of hydrogen-bond acceptors (Lipinski definition) is 7. The normalized spacial score (nSPS) is 41.4. The van der Waals surface area contributed by atoms with Gasteiger partial charge in [0.05, 0.1) is 12.8 Å². The van der Waals surface area contributed by atoms with Crippen molar-refractivity contribution in [2.24, 2.45) is 11.8 Å². The number of carbonyl (C=O) groups excluding carboxylic acids is 1. The fraction of sp³-hybridized carbons (Fsp3) is 0.952. The van der Waals surface area contributed by atoms with Crippen LogP contribution >= 0.6 is 0 Å². The molecule has 4 fully saturated rings. The molecule has 1 saturated carbocycles. The van der Waals surface area contributed by atoms with Gasteiger partial charge in [0.2, 0.25) is 0 Å². The Balaban J connectivity index is 1.20. The Labute approximate surface area is 168 Å². The molecule has 0 radical (unpaired) electrons. The fourth-order valence-electron chi connectivity index (χ4n) is 5.54. The third-order valence-electron chi connectivity index (χ3n) is 7.24. The Morgan fingerprint density at radius 1 is 1.11 bits per heavy atom. The number of carbonyl (C=O) groups is 1. The molecule has 160 valence electrons. The highest BCUT2D eigenvalue weighted by Crippen LogP contribution is 2.36. The van der Waals surface area contributed by atoms with Crippen molar-refractivity contribution >= 4 is 5.97 Å². The van der Waals surface area contributed by atoms with E-state index in [4.69, 9.17) is 9.47 Å². The predicted octanol–water partition coefficient (Wildman–Crippen LogP) is 0.906. The minimum absolute atomic E-state index is 0.0782. The first kappa shape index (κ1) is 20.5. The van der Waals surface area contributed by atoms with Crippen molar-refractivity contribution in [2.75, 3.05) is 26.4 Å². The molecule has 1 unspecified atom stereocenters. The first-order valence-corrected chi connectivity index (χ1v) is 11.4. The number of β-amino-alcohol motifs (C(OH)–C–C–N with tert-alkyl or cyclic N) is 1. The maximum Gasteiger partial charge on any atom is 0.306 e. The van der Waals surface area contributed by atoms with Gasteiger partial charge in [-0.15, -0.1) is 0 Å². The molecule has 4 N–H and O–H groups in total. The number of ether oxygens (including phenoxy) is 2. The zero-order valence-electron chi connectivity index (χ0n) is 16.9. The number of aliphatic hydroxyl groups excluding tert-OH is 1. The summed E-state index contributed by atoms with van der Waals surface area (Å²) in [6.07, 6.45) is 8.82. The highest BCUT2D eigenvalue weighted by atomic mass is 16.6. The van der Waals surface area contributed by atoms with Crippen LogP contribution < -0.4 is 16.0 Å². The van der Waals surface area contributed by atoms with Gasteiger partial charge in [-0.25, -0.2) is 0 Å². The van der Waals surface area contributed by atoms with Crippen molar-refractivity contribution in [2.45, 2.75) is 88.2 Å². The fourth-order valence-corrected chi connectivity index (χ4v) is 5.54. The number of nitrogens with one attached hydrogen (secondary N) is 3. The molecule has 1 aliphatic carbocycles. The zero-order chi connectivity index (χ0) is 19.3. The van der Waals surface area contributed by atoms with Gasteiger partial charge < -0.3 is 25.2 Å². The van der Waals surface area contributed by atoms with Gasteiger partial charge in [0.15, 0.2) is 0 Å². The minimum Gasteiger partial charge on any atom is -0.458 e. The summed E-state index contributed by atoms with van der Waals surface area (Å²) in [4.78, 5) is 12.3. The van der Waals surface area contributed by atoms with Crippen LogP contribution in [0, 0.1) is 11.8 Å². The monoisotopic (exact) mass is 395 g/mol. The van der Waals surface area contributed by atoms with Crippen LogP contribution in [-0.2, 0) is 14.3 Å². The molecule has 0 bridgehead atoms. The third kappa shape index (κ3) is 5.25. The van der Waals surface area contributed by atoms with Gasteiger partial charge in [0.25, 0.3) is 0 Å². The maximum atomic E-state index is 12.3. The van der Waals surface area contributed by atoms with Gasteiger partial charge in [-0.1, -0.05) is 12.8 Å². The van der Waals surface area contributed by atoms with E-state index < -0.39 is 12.2 Å². The van der Waals surface area contributed by atoms with E-state index in [1.54, 1.807) is 0 Å². The van der Waals surface area contributed by atoms with E-state index in [-0.39, 0.29) is 12.0 Å². The van der Waals surface area contributed by atoms with Gasteiger partial charge in [0, 0.05) is 31.6 Å². The van der Waals surface area contributed by atoms with Crippen LogP contribution in [0.4, 0.5) is 0 Å². The smallest absolute Gasteiger partial charge is 0.306 e. The van der Waals surface area contributed by atoms with Crippen molar-refractivity contribution in [3.63, 3.8) is 0 Å². The zero-order valence-corrected chi connectivity index (χ0v) is 16.9. The molecule has 0 aromatic heterocycles. The van der Waals surface area contributed by atoms with Crippen molar-refractivity contribution in [3.05, 3.63) is 0 Å². The van der Waals surface area contributed by atoms with Crippen LogP contribution in [0.5, 0.6) is 0 Å². The second-order valence-electron chi connectivity index (χ2n) is 9.19. The quantitative estimate of drug-likeness (QED) is 0.476. The molecule has 3 saturated heterocycles. The van der Waals surface area contributed by atoms with Gasteiger partial charge in [0.1, 0.15) is 12.2 Å². The van der Waals surface area contributed by atoms with E-state index >= 15 is 0 Å². The van der Waals surface area contributed by atoms with E-state index in [9.17, 15) is 9.90 Å². The third-order valence-corrected chi connectivity index (χ3v) is 7.24. The lowest BCUT2D eigenvalue weighted by molar-refractivity contribution is -0.154. The Hall–Kier alpha value is -0.730. The summed E-state index contributed by atoms with van der Waals surface area (Å²) in [6, 6.07) is 0.527. The molecule has 0 spiro atoms. The van der Waals surface area contributed by atoms with Crippen molar-refractivity contribution in [1.82, 2.24) is 16.0 Å². The molecule has 4 aliphatic rings. The van der Waals surface area contributed by atoms with E-state index in [1.807, 2.05) is 0 Å². The van der Waals surface area contributed by atoms with Gasteiger partial charge in [-0.3, -0.25) is 10.1 Å². The molecule has 28 heavy (non-hydrogen) atoms. The van der Waals surface area contributed by atoms with Crippen LogP contribution in [0.25, 0.3) is 0 Å². The highest BCUT2D eigenvalue weighted by Gasteiger charge is 2.40. The number of hydrogen-bond donors (Lipinski definition) is 4. The van der Waals surface area contributed by atoms with E-state index in [1.165, 1.54) is 32.1 Å². The molecule has 4 rings (SSSR count). The first-order valence-electron chi connectivity index (χ1n) is 11.4. The number of aliphatic hydroxyl groups is 1. The second-order valence-corrected chi connectivity index (χ2v) is 9.19. The van der Waals surface area contributed by atoms with Crippen molar-refractivity contribution < 1.29 is 19.4 Å². The molecule has 0 aromatic carbocycles. The van der Waals surface area contributed by atoms with Crippen LogP contribution in [0.15, 0.2) is 0 Å². The molecule has 3 aliphatic heterocycles. The van der Waals surface area contributed by atoms with Gasteiger partial charge in [-0.05, 0) is 56.9 Å². The molecule has 5 atom stereocenters. The summed E-state index contributed by atoms with van der Waals surface area (Å²) < 4.78 is 11.5. The summed E-state index contributed by atoms with van der Waals surface area (Å²) in [5.41, 5.74) is 0. The summed E-state index contributed by atoms with van der Waals surface area (Å²) in [7, 11) is 0. The average molecular weight is 396 g/mol. The van der Waals surface area contributed by atoms with E-state index in [0.29, 0.717) is 43.7 Å². The Bertz CT molecular complexity index is 500. The van der Waals surface area contributed by atoms with E-state index in [2.05, 4.69) is 16.0 Å². The lowest BCUT2D eigenvalue weighted by Gasteiger charge is -2.33. The van der Waals surface area contributed by atoms with Crippen LogP contribution in [0.3, 0.4) is 0 Å². The molecular formula is C21H37N3O4. The lowest BCUT2D eigenvalue weighted by atomic mass is 9.77. The lowest BCUT2D eigenvalue weighted by Crippen LogP contribution is -2.39. The molecule has 7 nitrogen and oxygen atoms in total. The summed E-state index contributed by atoms with van der Waals surface area (Å²) in [5, 5.41) is 20.4. The summed E-state index contributed by atoms with van der Waals surface area (Å²) in [6.45, 7) is 3.25. The van der Waals surface area contributed by atoms with E-state index in [0.717, 1.165) is 32.4 Å². The van der Waals surface area contributed by atoms with Gasteiger partial charge >= 0.3 is 5.97 Å². The first-order chi connectivity index (χ1) is 13.7. The molecule has 7 heteroatoms. The highest BCUT2D eigenvalue weighted by molar-refractivity contribution is 5.69. The molecule has 0 amide bonds. The Morgan fingerprint density at radius 3 is 2.68 bits per heavy atom.